The summed E-state index contributed by atoms with van der Waals surface area (Å²) in [6.07, 6.45) is -7.69. The van der Waals surface area contributed by atoms with Crippen molar-refractivity contribution in [3.8, 4) is 0 Å². The molecule has 0 fully saturated rings. The van der Waals surface area contributed by atoms with Crippen molar-refractivity contribution >= 4 is 35.5 Å². The summed E-state index contributed by atoms with van der Waals surface area (Å²) in [4.78, 5) is 9.72. The molecule has 0 rings (SSSR count). The minimum atomic E-state index is -8.47. The van der Waals surface area contributed by atoms with Gasteiger partial charge in [0.1, 0.15) is 0 Å². The number of rotatable bonds is 6. The largest absolute Gasteiger partial charge is 0.477 e. The van der Waals surface area contributed by atoms with E-state index in [0.29, 0.717) is 0 Å². The van der Waals surface area contributed by atoms with Gasteiger partial charge in [0, 0.05) is 29.6 Å². The predicted molar refractivity (Wildman–Crippen MR) is 49.1 cm³/mol. The fourth-order valence-electron chi connectivity index (χ4n) is 1.10. The molecule has 1 N–H and O–H groups in total. The van der Waals surface area contributed by atoms with Gasteiger partial charge in [-0.15, -0.1) is 0 Å². The van der Waals surface area contributed by atoms with E-state index in [2.05, 4.69) is 0 Å². The van der Waals surface area contributed by atoms with Crippen LogP contribution in [0.2, 0.25) is 0 Å². The van der Waals surface area contributed by atoms with Gasteiger partial charge < -0.3 is 5.11 Å². The molecule has 0 unspecified atom stereocenters. The summed E-state index contributed by atoms with van der Waals surface area (Å²) in [5, 5.41) is 7.57. The zero-order valence-electron chi connectivity index (χ0n) is 11.5. The molecular formula is C8HF15NaO2. The molecule has 0 aromatic carbocycles. The summed E-state index contributed by atoms with van der Waals surface area (Å²) >= 11 is 0. The molecule has 0 aliphatic heterocycles. The summed E-state index contributed by atoms with van der Waals surface area (Å²) in [7, 11) is 0. The van der Waals surface area contributed by atoms with Gasteiger partial charge in [0.05, 0.1) is 0 Å². The van der Waals surface area contributed by atoms with Crippen molar-refractivity contribution < 1.29 is 75.8 Å². The molecular weight excluding hydrogens is 436 g/mol. The van der Waals surface area contributed by atoms with Crippen LogP contribution < -0.4 is 0 Å². The predicted octanol–water partition coefficient (Wildman–Crippen LogP) is 4.06. The van der Waals surface area contributed by atoms with Gasteiger partial charge in [0.25, 0.3) is 0 Å². The van der Waals surface area contributed by atoms with Crippen LogP contribution in [-0.2, 0) is 4.79 Å². The number of hydrogen-bond donors (Lipinski definition) is 1. The van der Waals surface area contributed by atoms with Crippen molar-refractivity contribution in [1.82, 2.24) is 0 Å². The Labute approximate surface area is 153 Å². The smallest absolute Gasteiger partial charge is 0.460 e. The second-order valence-electron chi connectivity index (χ2n) is 4.25. The van der Waals surface area contributed by atoms with Gasteiger partial charge in [-0.25, -0.2) is 4.79 Å². The average molecular weight is 437 g/mol. The maximum atomic E-state index is 12.8. The summed E-state index contributed by atoms with van der Waals surface area (Å²) in [6, 6.07) is 0. The number of carboxylic acids is 1. The molecule has 151 valence electrons. The summed E-state index contributed by atoms with van der Waals surface area (Å²) in [5.41, 5.74) is 0. The van der Waals surface area contributed by atoms with Gasteiger partial charge in [-0.3, -0.25) is 0 Å². The zero-order valence-corrected chi connectivity index (χ0v) is 13.5. The van der Waals surface area contributed by atoms with Crippen molar-refractivity contribution in [3.63, 3.8) is 0 Å². The maximum Gasteiger partial charge on any atom is 0.460 e. The first kappa shape index (κ1) is 27.6. The second-order valence-corrected chi connectivity index (χ2v) is 4.25. The zero-order chi connectivity index (χ0) is 21.1. The van der Waals surface area contributed by atoms with Crippen molar-refractivity contribution in [3.05, 3.63) is 0 Å². The first-order valence-electron chi connectivity index (χ1n) is 5.01. The first-order valence-corrected chi connectivity index (χ1v) is 5.01. The topological polar surface area (TPSA) is 37.3 Å². The van der Waals surface area contributed by atoms with E-state index in [1.807, 2.05) is 0 Å². The fraction of sp³-hybridized carbons (Fsp3) is 0.875. The number of aliphatic carboxylic acids is 1. The molecule has 0 atom stereocenters. The Kier molecular flexibility index (Phi) is 7.22. The molecule has 0 aliphatic carbocycles. The third-order valence-corrected chi connectivity index (χ3v) is 2.60. The van der Waals surface area contributed by atoms with Gasteiger partial charge in [0.2, 0.25) is 0 Å². The molecule has 0 aromatic rings. The number of carbonyl (C=O) groups is 1. The molecule has 0 amide bonds. The Hall–Kier alpha value is -0.580. The summed E-state index contributed by atoms with van der Waals surface area (Å²) < 4.78 is 187. The third kappa shape index (κ3) is 3.33. The van der Waals surface area contributed by atoms with Gasteiger partial charge in [-0.2, -0.15) is 65.9 Å². The third-order valence-electron chi connectivity index (χ3n) is 2.60. The van der Waals surface area contributed by atoms with E-state index >= 15 is 0 Å². The van der Waals surface area contributed by atoms with Crippen LogP contribution in [0.25, 0.3) is 0 Å². The Morgan fingerprint density at radius 1 is 0.500 bits per heavy atom. The quantitative estimate of drug-likeness (QED) is 0.503. The molecule has 0 spiro atoms. The number of carboxylic acid groups (broad SMARTS) is 1. The molecule has 1 radical (unpaired) electrons. The Bertz CT molecular complexity index is 536. The molecule has 26 heavy (non-hydrogen) atoms. The molecule has 18 heteroatoms. The monoisotopic (exact) mass is 437 g/mol. The van der Waals surface area contributed by atoms with Crippen molar-refractivity contribution in [2.45, 2.75) is 41.7 Å². The SMILES string of the molecule is O=C(O)C(F)(F)C(F)(F)C(F)(F)C(F)(F)C(F)(F)C(F)(F)C(F)(F)F.[Na]. The van der Waals surface area contributed by atoms with E-state index in [9.17, 15) is 70.7 Å². The van der Waals surface area contributed by atoms with Crippen LogP contribution in [-0.4, -0.2) is 82.3 Å². The maximum absolute atomic E-state index is 12.8. The molecule has 0 bridgehead atoms. The van der Waals surface area contributed by atoms with Crippen molar-refractivity contribution in [2.24, 2.45) is 0 Å². The molecule has 0 saturated carbocycles. The van der Waals surface area contributed by atoms with Crippen LogP contribution in [0.4, 0.5) is 65.9 Å². The Morgan fingerprint density at radius 3 is 0.962 bits per heavy atom. The standard InChI is InChI=1S/C8HF15O2.Na/c9-2(10,1(24)25)3(11,12)4(13,14)5(15,16)6(17,18)7(19,20)8(21,22)23;/h(H,24,25);. The molecule has 0 aliphatic rings. The van der Waals surface area contributed by atoms with Gasteiger partial charge in [-0.1, -0.05) is 0 Å². The van der Waals surface area contributed by atoms with Crippen molar-refractivity contribution in [1.29, 1.82) is 0 Å². The number of alkyl halides is 15. The van der Waals surface area contributed by atoms with Crippen LogP contribution in [0.3, 0.4) is 0 Å². The fourth-order valence-corrected chi connectivity index (χ4v) is 1.10. The molecule has 0 aromatic heterocycles. The van der Waals surface area contributed by atoms with Gasteiger partial charge in [-0.05, 0) is 0 Å². The van der Waals surface area contributed by atoms with E-state index in [1.54, 1.807) is 0 Å². The molecule has 0 saturated heterocycles. The van der Waals surface area contributed by atoms with Crippen LogP contribution >= 0.6 is 0 Å². The van der Waals surface area contributed by atoms with Gasteiger partial charge >= 0.3 is 47.7 Å². The van der Waals surface area contributed by atoms with E-state index in [1.165, 1.54) is 0 Å². The van der Waals surface area contributed by atoms with E-state index in [-0.39, 0.29) is 29.6 Å². The van der Waals surface area contributed by atoms with Crippen LogP contribution in [0.5, 0.6) is 0 Å². The van der Waals surface area contributed by atoms with Crippen molar-refractivity contribution in [2.75, 3.05) is 0 Å². The van der Waals surface area contributed by atoms with E-state index in [0.717, 1.165) is 0 Å². The second kappa shape index (κ2) is 6.79. The van der Waals surface area contributed by atoms with Crippen LogP contribution in [0.15, 0.2) is 0 Å². The van der Waals surface area contributed by atoms with E-state index < -0.39 is 47.7 Å². The molecule has 0 heterocycles. The Balaban J connectivity index is 0. The summed E-state index contributed by atoms with van der Waals surface area (Å²) in [6.45, 7) is 0. The normalized spacial score (nSPS) is 15.5. The van der Waals surface area contributed by atoms with Crippen LogP contribution in [0, 0.1) is 0 Å². The average Bonchev–Trinajstić information content (AvgIpc) is 2.35. The number of hydrogen-bond acceptors (Lipinski definition) is 1. The minimum absolute atomic E-state index is 0. The van der Waals surface area contributed by atoms with Gasteiger partial charge in [0.15, 0.2) is 0 Å². The minimum Gasteiger partial charge on any atom is -0.477 e. The first-order chi connectivity index (χ1) is 10.4. The number of halogens is 15. The Morgan fingerprint density at radius 2 is 0.731 bits per heavy atom. The molecule has 2 nitrogen and oxygen atoms in total. The van der Waals surface area contributed by atoms with Crippen LogP contribution in [0.1, 0.15) is 0 Å². The summed E-state index contributed by atoms with van der Waals surface area (Å²) in [5.74, 6) is -52.8. The van der Waals surface area contributed by atoms with E-state index in [4.69, 9.17) is 5.11 Å².